The number of amides is 2. The normalized spacial score (nSPS) is 19.1. The zero-order chi connectivity index (χ0) is 19.7. The van der Waals surface area contributed by atoms with E-state index in [2.05, 4.69) is 4.98 Å². The van der Waals surface area contributed by atoms with Crippen molar-refractivity contribution in [1.29, 1.82) is 0 Å². The number of carbonyl (C=O) groups excluding carboxylic acids is 2. The molecule has 3 aromatic rings. The highest BCUT2D eigenvalue weighted by Gasteiger charge is 2.39. The van der Waals surface area contributed by atoms with Gasteiger partial charge in [0, 0.05) is 30.0 Å². The van der Waals surface area contributed by atoms with Crippen LogP contribution in [0.1, 0.15) is 22.9 Å². The summed E-state index contributed by atoms with van der Waals surface area (Å²) in [6.07, 6.45) is 0.145. The number of benzene rings is 1. The number of primary amides is 1. The number of nitrogens with two attached hydrogens (primary N) is 1. The molecule has 1 aromatic carbocycles. The monoisotopic (exact) mass is 395 g/mol. The van der Waals surface area contributed by atoms with Gasteiger partial charge >= 0.3 is 0 Å². The zero-order valence-corrected chi connectivity index (χ0v) is 16.3. The Morgan fingerprint density at radius 2 is 2.04 bits per heavy atom. The molecule has 0 unspecified atom stereocenters. The molecular formula is C21H21N3O3S. The van der Waals surface area contributed by atoms with Crippen molar-refractivity contribution in [2.75, 3.05) is 13.1 Å². The molecule has 144 valence electrons. The van der Waals surface area contributed by atoms with Crippen molar-refractivity contribution in [1.82, 2.24) is 9.88 Å². The molecule has 1 saturated heterocycles. The van der Waals surface area contributed by atoms with Crippen LogP contribution in [0.3, 0.4) is 0 Å². The molecule has 28 heavy (non-hydrogen) atoms. The maximum absolute atomic E-state index is 12.9. The van der Waals surface area contributed by atoms with Crippen LogP contribution in [0.15, 0.2) is 51.6 Å². The fourth-order valence-corrected chi connectivity index (χ4v) is 4.32. The summed E-state index contributed by atoms with van der Waals surface area (Å²) >= 11 is 1.57. The molecule has 0 saturated carbocycles. The molecule has 1 fully saturated rings. The molecule has 2 aromatic heterocycles. The Balaban J connectivity index is 1.50. The van der Waals surface area contributed by atoms with Gasteiger partial charge in [-0.15, -0.1) is 0 Å². The van der Waals surface area contributed by atoms with Crippen molar-refractivity contribution in [2.45, 2.75) is 19.3 Å². The van der Waals surface area contributed by atoms with Crippen LogP contribution in [0, 0.1) is 12.8 Å². The van der Waals surface area contributed by atoms with Crippen molar-refractivity contribution in [3.05, 3.63) is 64.2 Å². The van der Waals surface area contributed by atoms with Crippen LogP contribution >= 0.6 is 11.3 Å². The predicted molar refractivity (Wildman–Crippen MR) is 107 cm³/mol. The Morgan fingerprint density at radius 1 is 1.25 bits per heavy atom. The van der Waals surface area contributed by atoms with Gasteiger partial charge < -0.3 is 15.1 Å². The lowest BCUT2D eigenvalue weighted by Gasteiger charge is -2.16. The number of rotatable bonds is 5. The molecule has 0 bridgehead atoms. The number of likely N-dealkylation sites (tertiary alicyclic amines) is 1. The van der Waals surface area contributed by atoms with E-state index in [-0.39, 0.29) is 30.1 Å². The summed E-state index contributed by atoms with van der Waals surface area (Å²) in [7, 11) is 0. The molecule has 2 amide bonds. The number of carbonyl (C=O) groups is 2. The minimum absolute atomic E-state index is 0.0713. The molecule has 6 nitrogen and oxygen atoms in total. The second-order valence-electron chi connectivity index (χ2n) is 7.04. The zero-order valence-electron chi connectivity index (χ0n) is 15.5. The summed E-state index contributed by atoms with van der Waals surface area (Å²) < 4.78 is 5.72. The van der Waals surface area contributed by atoms with Gasteiger partial charge in [-0.25, -0.2) is 4.98 Å². The van der Waals surface area contributed by atoms with Gasteiger partial charge in [0.25, 0.3) is 0 Å². The number of aryl methyl sites for hydroxylation is 1. The van der Waals surface area contributed by atoms with Crippen LogP contribution in [0.2, 0.25) is 0 Å². The first-order valence-electron chi connectivity index (χ1n) is 9.14. The topological polar surface area (TPSA) is 89.4 Å². The number of hydrogen-bond donors (Lipinski definition) is 1. The van der Waals surface area contributed by atoms with Gasteiger partial charge in [0.05, 0.1) is 18.0 Å². The van der Waals surface area contributed by atoms with Crippen LogP contribution in [-0.2, 0) is 16.0 Å². The summed E-state index contributed by atoms with van der Waals surface area (Å²) in [5, 5.41) is 3.91. The van der Waals surface area contributed by atoms with Crippen molar-refractivity contribution >= 4 is 23.2 Å². The minimum atomic E-state index is -0.383. The maximum atomic E-state index is 12.9. The molecule has 3 heterocycles. The Labute approximate surface area is 167 Å². The summed E-state index contributed by atoms with van der Waals surface area (Å²) in [5.41, 5.74) is 8.18. The SMILES string of the molecule is Cc1oc(-c2ccsc2)nc1CC(=O)N1C[C@H](C(N)=O)[C@@H](c2ccccc2)C1. The second-order valence-corrected chi connectivity index (χ2v) is 7.82. The van der Waals surface area contributed by atoms with Crippen LogP contribution in [0.25, 0.3) is 11.5 Å². The molecule has 0 radical (unpaired) electrons. The highest BCUT2D eigenvalue weighted by atomic mass is 32.1. The highest BCUT2D eigenvalue weighted by Crippen LogP contribution is 2.33. The third kappa shape index (κ3) is 3.57. The average molecular weight is 395 g/mol. The van der Waals surface area contributed by atoms with Gasteiger partial charge in [-0.1, -0.05) is 30.3 Å². The number of hydrogen-bond acceptors (Lipinski definition) is 5. The van der Waals surface area contributed by atoms with E-state index < -0.39 is 0 Å². The third-order valence-corrected chi connectivity index (χ3v) is 5.93. The Hall–Kier alpha value is -2.93. The lowest BCUT2D eigenvalue weighted by molar-refractivity contribution is -0.129. The summed E-state index contributed by atoms with van der Waals surface area (Å²) in [6.45, 7) is 2.63. The number of thiophene rings is 1. The molecule has 1 aliphatic rings. The van der Waals surface area contributed by atoms with Gasteiger partial charge in [0.15, 0.2) is 0 Å². The second kappa shape index (κ2) is 7.59. The standard InChI is InChI=1S/C21H21N3O3S/c1-13-18(23-21(27-13)15-7-8-28-12-15)9-19(25)24-10-16(17(11-24)20(22)26)14-5-3-2-4-6-14/h2-8,12,16-17H,9-11H2,1H3,(H2,22,26)/t16-,17+/m1/s1. The number of aromatic nitrogens is 1. The van der Waals surface area contributed by atoms with Crippen molar-refractivity contribution in [3.63, 3.8) is 0 Å². The van der Waals surface area contributed by atoms with Crippen LogP contribution in [0.5, 0.6) is 0 Å². The molecule has 1 aliphatic heterocycles. The molecule has 4 rings (SSSR count). The first-order valence-corrected chi connectivity index (χ1v) is 10.1. The molecular weight excluding hydrogens is 374 g/mol. The quantitative estimate of drug-likeness (QED) is 0.719. The van der Waals surface area contributed by atoms with Gasteiger partial charge in [0.2, 0.25) is 17.7 Å². The summed E-state index contributed by atoms with van der Waals surface area (Å²) in [4.78, 5) is 31.1. The molecule has 0 spiro atoms. The lowest BCUT2D eigenvalue weighted by atomic mass is 9.89. The van der Waals surface area contributed by atoms with Gasteiger partial charge in [-0.05, 0) is 23.9 Å². The third-order valence-electron chi connectivity index (χ3n) is 5.25. The highest BCUT2D eigenvalue weighted by molar-refractivity contribution is 7.08. The van der Waals surface area contributed by atoms with E-state index in [4.69, 9.17) is 10.2 Å². The average Bonchev–Trinajstić information content (AvgIpc) is 3.42. The first-order chi connectivity index (χ1) is 13.5. The largest absolute Gasteiger partial charge is 0.441 e. The van der Waals surface area contributed by atoms with Gasteiger partial charge in [-0.3, -0.25) is 9.59 Å². The van der Waals surface area contributed by atoms with E-state index in [9.17, 15) is 9.59 Å². The first kappa shape index (κ1) is 18.4. The predicted octanol–water partition coefficient (Wildman–Crippen LogP) is 2.98. The Kier molecular flexibility index (Phi) is 5.00. The molecule has 2 N–H and O–H groups in total. The van der Waals surface area contributed by atoms with E-state index >= 15 is 0 Å². The van der Waals surface area contributed by atoms with E-state index in [0.29, 0.717) is 30.4 Å². The Bertz CT molecular complexity index is 982. The molecule has 7 heteroatoms. The number of nitrogens with zero attached hydrogens (tertiary/aromatic N) is 2. The van der Waals surface area contributed by atoms with E-state index in [1.54, 1.807) is 16.2 Å². The molecule has 2 atom stereocenters. The minimum Gasteiger partial charge on any atom is -0.441 e. The maximum Gasteiger partial charge on any atom is 0.228 e. The van der Waals surface area contributed by atoms with Crippen LogP contribution in [-0.4, -0.2) is 34.8 Å². The summed E-state index contributed by atoms with van der Waals surface area (Å²) in [5.74, 6) is 0.257. The van der Waals surface area contributed by atoms with Crippen LogP contribution in [0.4, 0.5) is 0 Å². The fourth-order valence-electron chi connectivity index (χ4n) is 3.69. The van der Waals surface area contributed by atoms with Gasteiger partial charge in [0.1, 0.15) is 5.76 Å². The van der Waals surface area contributed by atoms with Crippen molar-refractivity contribution < 1.29 is 14.0 Å². The lowest BCUT2D eigenvalue weighted by Crippen LogP contribution is -2.33. The van der Waals surface area contributed by atoms with E-state index in [1.807, 2.05) is 54.1 Å². The van der Waals surface area contributed by atoms with Crippen molar-refractivity contribution in [3.8, 4) is 11.5 Å². The Morgan fingerprint density at radius 3 is 2.71 bits per heavy atom. The van der Waals surface area contributed by atoms with Crippen molar-refractivity contribution in [2.24, 2.45) is 11.7 Å². The van der Waals surface area contributed by atoms with Gasteiger partial charge in [-0.2, -0.15) is 11.3 Å². The smallest absolute Gasteiger partial charge is 0.228 e. The van der Waals surface area contributed by atoms with E-state index in [0.717, 1.165) is 11.1 Å². The van der Waals surface area contributed by atoms with Crippen LogP contribution < -0.4 is 5.73 Å². The summed E-state index contributed by atoms with van der Waals surface area (Å²) in [6, 6.07) is 11.7. The fraction of sp³-hybridized carbons (Fsp3) is 0.286. The van der Waals surface area contributed by atoms with E-state index in [1.165, 1.54) is 0 Å². The number of oxazole rings is 1. The molecule has 0 aliphatic carbocycles.